The first kappa shape index (κ1) is 14.6. The average molecular weight is 259 g/mol. The Hall–Kier alpha value is -0.820. The number of nitrogens with two attached hydrogens (primary N) is 1. The molecule has 0 saturated heterocycles. The summed E-state index contributed by atoms with van der Waals surface area (Å²) in [5.74, 6) is 1.50. The molecule has 19 heavy (non-hydrogen) atoms. The van der Waals surface area contributed by atoms with Crippen LogP contribution in [0.1, 0.15) is 67.3 Å². The van der Waals surface area contributed by atoms with Gasteiger partial charge in [0, 0.05) is 6.04 Å². The van der Waals surface area contributed by atoms with E-state index >= 15 is 0 Å². The molecular weight excluding hydrogens is 230 g/mol. The molecule has 1 heteroatoms. The van der Waals surface area contributed by atoms with Crippen LogP contribution in [0.4, 0.5) is 0 Å². The molecule has 106 valence electrons. The Kier molecular flexibility index (Phi) is 4.67. The topological polar surface area (TPSA) is 26.0 Å². The van der Waals surface area contributed by atoms with Gasteiger partial charge in [0.1, 0.15) is 0 Å². The van der Waals surface area contributed by atoms with E-state index in [1.54, 1.807) is 0 Å². The zero-order chi connectivity index (χ0) is 14.0. The van der Waals surface area contributed by atoms with Crippen LogP contribution in [0.15, 0.2) is 12.1 Å². The molecule has 3 unspecified atom stereocenters. The molecule has 1 aromatic carbocycles. The van der Waals surface area contributed by atoms with Gasteiger partial charge in [-0.2, -0.15) is 0 Å². The highest BCUT2D eigenvalue weighted by molar-refractivity contribution is 5.40. The first-order chi connectivity index (χ1) is 9.04. The van der Waals surface area contributed by atoms with Crippen molar-refractivity contribution >= 4 is 0 Å². The van der Waals surface area contributed by atoms with Crippen molar-refractivity contribution in [2.24, 2.45) is 17.6 Å². The zero-order valence-electron chi connectivity index (χ0n) is 13.0. The maximum Gasteiger partial charge on any atom is 0.0331 e. The molecule has 2 N–H and O–H groups in total. The predicted octanol–water partition coefficient (Wildman–Crippen LogP) is 4.83. The average Bonchev–Trinajstić information content (AvgIpc) is 2.37. The summed E-state index contributed by atoms with van der Waals surface area (Å²) in [6.45, 7) is 8.94. The Morgan fingerprint density at radius 1 is 1.11 bits per heavy atom. The van der Waals surface area contributed by atoms with Crippen molar-refractivity contribution in [3.8, 4) is 0 Å². The Morgan fingerprint density at radius 2 is 1.68 bits per heavy atom. The summed E-state index contributed by atoms with van der Waals surface area (Å²) in [6.07, 6.45) is 6.72. The second kappa shape index (κ2) is 6.09. The fraction of sp³-hybridized carbons (Fsp3) is 0.667. The van der Waals surface area contributed by atoms with E-state index in [2.05, 4.69) is 39.8 Å². The van der Waals surface area contributed by atoms with Gasteiger partial charge in [-0.25, -0.2) is 0 Å². The van der Waals surface area contributed by atoms with Crippen LogP contribution in [0.3, 0.4) is 0 Å². The van der Waals surface area contributed by atoms with Gasteiger partial charge >= 0.3 is 0 Å². The van der Waals surface area contributed by atoms with E-state index in [1.807, 2.05) is 0 Å². The first-order valence-corrected chi connectivity index (χ1v) is 7.88. The number of benzene rings is 1. The molecule has 2 rings (SSSR count). The maximum atomic E-state index is 6.69. The van der Waals surface area contributed by atoms with E-state index in [0.29, 0.717) is 5.92 Å². The summed E-state index contributed by atoms with van der Waals surface area (Å²) in [6, 6.07) is 4.80. The van der Waals surface area contributed by atoms with Crippen LogP contribution in [0.2, 0.25) is 0 Å². The summed E-state index contributed by atoms with van der Waals surface area (Å²) in [4.78, 5) is 0. The molecule has 0 aliphatic heterocycles. The third-order valence-corrected chi connectivity index (χ3v) is 5.02. The normalized spacial score (nSPS) is 25.3. The lowest BCUT2D eigenvalue weighted by Crippen LogP contribution is -2.31. The molecule has 1 aliphatic rings. The van der Waals surface area contributed by atoms with Crippen LogP contribution in [-0.4, -0.2) is 0 Å². The van der Waals surface area contributed by atoms with Gasteiger partial charge < -0.3 is 5.73 Å². The van der Waals surface area contributed by atoms with Gasteiger partial charge in [-0.1, -0.05) is 50.3 Å². The van der Waals surface area contributed by atoms with Crippen LogP contribution in [0.5, 0.6) is 0 Å². The number of rotatable bonds is 3. The monoisotopic (exact) mass is 259 g/mol. The molecule has 0 spiro atoms. The fourth-order valence-electron chi connectivity index (χ4n) is 4.15. The molecule has 1 saturated carbocycles. The SMILES string of the molecule is CCC1CCCCC1C(N)c1c(C)cc(C)cc1C. The van der Waals surface area contributed by atoms with E-state index in [4.69, 9.17) is 5.73 Å². The minimum Gasteiger partial charge on any atom is -0.324 e. The highest BCUT2D eigenvalue weighted by Gasteiger charge is 2.30. The molecule has 3 atom stereocenters. The van der Waals surface area contributed by atoms with Crippen molar-refractivity contribution in [1.82, 2.24) is 0 Å². The molecule has 1 nitrogen and oxygen atoms in total. The van der Waals surface area contributed by atoms with Crippen molar-refractivity contribution in [2.45, 2.75) is 65.8 Å². The molecule has 0 aromatic heterocycles. The van der Waals surface area contributed by atoms with Gasteiger partial charge in [-0.15, -0.1) is 0 Å². The highest BCUT2D eigenvalue weighted by atomic mass is 14.7. The van der Waals surface area contributed by atoms with E-state index < -0.39 is 0 Å². The predicted molar refractivity (Wildman–Crippen MR) is 83.3 cm³/mol. The second-order valence-corrected chi connectivity index (χ2v) is 6.45. The molecular formula is C18H29N. The van der Waals surface area contributed by atoms with Crippen molar-refractivity contribution in [3.63, 3.8) is 0 Å². The standard InChI is InChI=1S/C18H29N/c1-5-15-8-6-7-9-16(15)18(19)17-13(3)10-12(2)11-14(17)4/h10-11,15-16,18H,5-9,19H2,1-4H3. The van der Waals surface area contributed by atoms with Gasteiger partial charge in [0.2, 0.25) is 0 Å². The Labute approximate surface area is 118 Å². The first-order valence-electron chi connectivity index (χ1n) is 7.88. The summed E-state index contributed by atoms with van der Waals surface area (Å²) in [5, 5.41) is 0. The van der Waals surface area contributed by atoms with Gasteiger partial charge in [0.05, 0.1) is 0 Å². The van der Waals surface area contributed by atoms with Crippen LogP contribution >= 0.6 is 0 Å². The van der Waals surface area contributed by atoms with Gasteiger partial charge in [0.15, 0.2) is 0 Å². The molecule has 1 aliphatic carbocycles. The van der Waals surface area contributed by atoms with Gasteiger partial charge in [-0.05, 0) is 55.7 Å². The van der Waals surface area contributed by atoms with E-state index in [1.165, 1.54) is 54.4 Å². The van der Waals surface area contributed by atoms with E-state index in [-0.39, 0.29) is 6.04 Å². The van der Waals surface area contributed by atoms with E-state index in [9.17, 15) is 0 Å². The Balaban J connectivity index is 2.30. The molecule has 0 radical (unpaired) electrons. The smallest absolute Gasteiger partial charge is 0.0331 e. The van der Waals surface area contributed by atoms with Crippen molar-refractivity contribution in [3.05, 3.63) is 34.4 Å². The quantitative estimate of drug-likeness (QED) is 0.826. The minimum atomic E-state index is 0.228. The molecule has 1 aromatic rings. The summed E-state index contributed by atoms with van der Waals surface area (Å²) < 4.78 is 0. The van der Waals surface area contributed by atoms with Gasteiger partial charge in [-0.3, -0.25) is 0 Å². The third-order valence-electron chi connectivity index (χ3n) is 5.02. The number of aryl methyl sites for hydroxylation is 3. The second-order valence-electron chi connectivity index (χ2n) is 6.45. The number of hydrogen-bond donors (Lipinski definition) is 1. The van der Waals surface area contributed by atoms with Crippen LogP contribution < -0.4 is 5.73 Å². The van der Waals surface area contributed by atoms with Gasteiger partial charge in [0.25, 0.3) is 0 Å². The largest absolute Gasteiger partial charge is 0.324 e. The molecule has 1 fully saturated rings. The number of hydrogen-bond acceptors (Lipinski definition) is 1. The van der Waals surface area contributed by atoms with Crippen LogP contribution in [0.25, 0.3) is 0 Å². The molecule has 0 heterocycles. The lowest BCUT2D eigenvalue weighted by atomic mass is 9.71. The Bertz CT molecular complexity index is 412. The lowest BCUT2D eigenvalue weighted by molar-refractivity contribution is 0.196. The highest BCUT2D eigenvalue weighted by Crippen LogP contribution is 2.40. The third kappa shape index (κ3) is 3.02. The van der Waals surface area contributed by atoms with Crippen LogP contribution in [-0.2, 0) is 0 Å². The van der Waals surface area contributed by atoms with E-state index in [0.717, 1.165) is 5.92 Å². The van der Waals surface area contributed by atoms with Crippen molar-refractivity contribution in [2.75, 3.05) is 0 Å². The summed E-state index contributed by atoms with van der Waals surface area (Å²) >= 11 is 0. The fourth-order valence-corrected chi connectivity index (χ4v) is 4.15. The van der Waals surface area contributed by atoms with Crippen LogP contribution in [0, 0.1) is 32.6 Å². The minimum absolute atomic E-state index is 0.228. The molecule has 0 amide bonds. The summed E-state index contributed by atoms with van der Waals surface area (Å²) in [7, 11) is 0. The maximum absolute atomic E-state index is 6.69. The van der Waals surface area contributed by atoms with Crippen molar-refractivity contribution < 1.29 is 0 Å². The zero-order valence-corrected chi connectivity index (χ0v) is 13.0. The Morgan fingerprint density at radius 3 is 2.26 bits per heavy atom. The lowest BCUT2D eigenvalue weighted by Gasteiger charge is -2.36. The molecule has 0 bridgehead atoms. The van der Waals surface area contributed by atoms with Crippen molar-refractivity contribution in [1.29, 1.82) is 0 Å². The summed E-state index contributed by atoms with van der Waals surface area (Å²) in [5.41, 5.74) is 12.2.